The first kappa shape index (κ1) is 16.7. The lowest BCUT2D eigenvalue weighted by atomic mass is 9.93. The Kier molecular flexibility index (Phi) is 6.02. The van der Waals surface area contributed by atoms with Crippen LogP contribution in [-0.4, -0.2) is 37.4 Å². The highest BCUT2D eigenvalue weighted by molar-refractivity contribution is 5.68. The van der Waals surface area contributed by atoms with Gasteiger partial charge in [-0.25, -0.2) is 0 Å². The van der Waals surface area contributed by atoms with E-state index in [0.717, 1.165) is 36.3 Å². The molecule has 0 aliphatic carbocycles. The molecule has 1 unspecified atom stereocenters. The van der Waals surface area contributed by atoms with Crippen molar-refractivity contribution in [2.45, 2.75) is 25.2 Å². The maximum absolute atomic E-state index is 11.5. The number of carbonyl (C=O) groups excluding carboxylic acids is 1. The average molecular weight is 323 g/mol. The van der Waals surface area contributed by atoms with Crippen molar-refractivity contribution in [1.82, 2.24) is 4.90 Å². The van der Waals surface area contributed by atoms with Crippen LogP contribution in [0.3, 0.4) is 0 Å². The molecule has 2 aromatic carbocycles. The minimum atomic E-state index is -0.214. The molecule has 0 aromatic heterocycles. The fraction of sp³-hybridized carbons (Fsp3) is 0.381. The number of benzene rings is 2. The van der Waals surface area contributed by atoms with Gasteiger partial charge in [0.15, 0.2) is 0 Å². The van der Waals surface area contributed by atoms with Crippen LogP contribution in [0, 0.1) is 0 Å². The van der Waals surface area contributed by atoms with Gasteiger partial charge in [-0.2, -0.15) is 0 Å². The van der Waals surface area contributed by atoms with Gasteiger partial charge in [0.25, 0.3) is 0 Å². The van der Waals surface area contributed by atoms with E-state index in [1.807, 2.05) is 54.6 Å². The number of rotatable bonds is 7. The van der Waals surface area contributed by atoms with Crippen molar-refractivity contribution >= 4 is 6.29 Å². The maximum Gasteiger partial charge on any atom is 0.131 e. The van der Waals surface area contributed by atoms with E-state index in [2.05, 4.69) is 4.90 Å². The fourth-order valence-corrected chi connectivity index (χ4v) is 3.26. The van der Waals surface area contributed by atoms with Gasteiger partial charge in [-0.15, -0.1) is 0 Å². The van der Waals surface area contributed by atoms with Crippen LogP contribution in [0.25, 0.3) is 0 Å². The molecule has 1 fully saturated rings. The van der Waals surface area contributed by atoms with Crippen molar-refractivity contribution in [3.8, 4) is 5.75 Å². The summed E-state index contributed by atoms with van der Waals surface area (Å²) in [5.74, 6) is 0.655. The molecule has 0 bridgehead atoms. The van der Waals surface area contributed by atoms with E-state index >= 15 is 0 Å². The molecule has 0 radical (unpaired) electrons. The van der Waals surface area contributed by atoms with Gasteiger partial charge in [-0.3, -0.25) is 4.90 Å². The maximum atomic E-state index is 11.5. The molecule has 0 saturated carbocycles. The normalized spacial score (nSPS) is 16.5. The van der Waals surface area contributed by atoms with E-state index < -0.39 is 0 Å². The SMILES string of the molecule is O=CC(c1ccccc1)c1ccc(OCCN2CCCCC2)cc1. The molecule has 0 amide bonds. The Hall–Kier alpha value is -2.13. The number of hydrogen-bond acceptors (Lipinski definition) is 3. The number of ether oxygens (including phenoxy) is 1. The number of hydrogen-bond donors (Lipinski definition) is 0. The molecule has 3 nitrogen and oxygen atoms in total. The predicted octanol–water partition coefficient (Wildman–Crippen LogP) is 3.88. The fourth-order valence-electron chi connectivity index (χ4n) is 3.26. The molecule has 2 aromatic rings. The monoisotopic (exact) mass is 323 g/mol. The molecular weight excluding hydrogens is 298 g/mol. The smallest absolute Gasteiger partial charge is 0.131 e. The van der Waals surface area contributed by atoms with Gasteiger partial charge in [-0.05, 0) is 49.2 Å². The first-order valence-electron chi connectivity index (χ1n) is 8.82. The number of likely N-dealkylation sites (tertiary alicyclic amines) is 1. The third-order valence-corrected chi connectivity index (χ3v) is 4.66. The topological polar surface area (TPSA) is 29.5 Å². The third-order valence-electron chi connectivity index (χ3n) is 4.66. The second-order valence-corrected chi connectivity index (χ2v) is 6.34. The van der Waals surface area contributed by atoms with Gasteiger partial charge in [0.2, 0.25) is 0 Å². The quantitative estimate of drug-likeness (QED) is 0.724. The summed E-state index contributed by atoms with van der Waals surface area (Å²) in [4.78, 5) is 14.0. The number of nitrogens with zero attached hydrogens (tertiary/aromatic N) is 1. The molecule has 1 aliphatic heterocycles. The molecule has 126 valence electrons. The zero-order valence-corrected chi connectivity index (χ0v) is 14.1. The lowest BCUT2D eigenvalue weighted by Crippen LogP contribution is -2.33. The van der Waals surface area contributed by atoms with Crippen molar-refractivity contribution in [3.05, 3.63) is 65.7 Å². The number of aldehydes is 1. The van der Waals surface area contributed by atoms with Crippen molar-refractivity contribution in [2.24, 2.45) is 0 Å². The van der Waals surface area contributed by atoms with Crippen molar-refractivity contribution in [2.75, 3.05) is 26.2 Å². The second-order valence-electron chi connectivity index (χ2n) is 6.34. The van der Waals surface area contributed by atoms with Crippen LogP contribution in [0.2, 0.25) is 0 Å². The molecule has 0 N–H and O–H groups in total. The highest BCUT2D eigenvalue weighted by Gasteiger charge is 2.13. The Morgan fingerprint density at radius 3 is 2.25 bits per heavy atom. The van der Waals surface area contributed by atoms with Crippen LogP contribution >= 0.6 is 0 Å². The van der Waals surface area contributed by atoms with Crippen LogP contribution in [0.1, 0.15) is 36.3 Å². The van der Waals surface area contributed by atoms with Crippen LogP contribution in [0.5, 0.6) is 5.75 Å². The summed E-state index contributed by atoms with van der Waals surface area (Å²) in [6.07, 6.45) is 4.97. The van der Waals surface area contributed by atoms with E-state index in [-0.39, 0.29) is 5.92 Å². The highest BCUT2D eigenvalue weighted by Crippen LogP contribution is 2.24. The Bertz CT molecular complexity index is 618. The van der Waals surface area contributed by atoms with E-state index in [0.29, 0.717) is 0 Å². The molecule has 1 atom stereocenters. The Morgan fingerprint density at radius 2 is 1.58 bits per heavy atom. The van der Waals surface area contributed by atoms with Crippen molar-refractivity contribution in [1.29, 1.82) is 0 Å². The van der Waals surface area contributed by atoms with Crippen LogP contribution in [0.15, 0.2) is 54.6 Å². The largest absolute Gasteiger partial charge is 0.492 e. The van der Waals surface area contributed by atoms with Crippen LogP contribution < -0.4 is 4.74 Å². The average Bonchev–Trinajstić information content (AvgIpc) is 2.65. The van der Waals surface area contributed by atoms with Gasteiger partial charge < -0.3 is 9.53 Å². The van der Waals surface area contributed by atoms with Crippen molar-refractivity contribution in [3.63, 3.8) is 0 Å². The van der Waals surface area contributed by atoms with Gasteiger partial charge in [0.1, 0.15) is 18.6 Å². The summed E-state index contributed by atoms with van der Waals surface area (Å²) in [6, 6.07) is 17.8. The van der Waals surface area contributed by atoms with Crippen LogP contribution in [0.4, 0.5) is 0 Å². The van der Waals surface area contributed by atoms with Crippen molar-refractivity contribution < 1.29 is 9.53 Å². The predicted molar refractivity (Wildman–Crippen MR) is 96.6 cm³/mol. The van der Waals surface area contributed by atoms with E-state index in [1.54, 1.807) is 0 Å². The second kappa shape index (κ2) is 8.65. The van der Waals surface area contributed by atoms with E-state index in [1.165, 1.54) is 32.4 Å². The summed E-state index contributed by atoms with van der Waals surface area (Å²) in [6.45, 7) is 4.10. The summed E-state index contributed by atoms with van der Waals surface area (Å²) in [7, 11) is 0. The summed E-state index contributed by atoms with van der Waals surface area (Å²) in [5, 5.41) is 0. The Balaban J connectivity index is 1.55. The summed E-state index contributed by atoms with van der Waals surface area (Å²) < 4.78 is 5.85. The molecule has 1 aliphatic rings. The van der Waals surface area contributed by atoms with E-state index in [4.69, 9.17) is 4.74 Å². The molecule has 3 heteroatoms. The molecule has 1 heterocycles. The zero-order chi connectivity index (χ0) is 16.6. The minimum Gasteiger partial charge on any atom is -0.492 e. The Labute approximate surface area is 144 Å². The summed E-state index contributed by atoms with van der Waals surface area (Å²) in [5.41, 5.74) is 2.02. The molecule has 1 saturated heterocycles. The number of piperidine rings is 1. The highest BCUT2D eigenvalue weighted by atomic mass is 16.5. The molecular formula is C21H25NO2. The number of carbonyl (C=O) groups is 1. The van der Waals surface area contributed by atoms with Crippen LogP contribution in [-0.2, 0) is 4.79 Å². The first-order chi connectivity index (χ1) is 11.9. The molecule has 24 heavy (non-hydrogen) atoms. The molecule has 0 spiro atoms. The van der Waals surface area contributed by atoms with Gasteiger partial charge >= 0.3 is 0 Å². The zero-order valence-electron chi connectivity index (χ0n) is 14.1. The minimum absolute atomic E-state index is 0.214. The molecule has 3 rings (SSSR count). The Morgan fingerprint density at radius 1 is 0.917 bits per heavy atom. The van der Waals surface area contributed by atoms with Gasteiger partial charge in [-0.1, -0.05) is 48.9 Å². The third kappa shape index (κ3) is 4.45. The van der Waals surface area contributed by atoms with Gasteiger partial charge in [0, 0.05) is 6.54 Å². The summed E-state index contributed by atoms with van der Waals surface area (Å²) >= 11 is 0. The first-order valence-corrected chi connectivity index (χ1v) is 8.82. The van der Waals surface area contributed by atoms with Gasteiger partial charge in [0.05, 0.1) is 5.92 Å². The van der Waals surface area contributed by atoms with E-state index in [9.17, 15) is 4.79 Å². The standard InChI is InChI=1S/C21H25NO2/c23-17-21(18-7-3-1-4-8-18)19-9-11-20(12-10-19)24-16-15-22-13-5-2-6-14-22/h1,3-4,7-12,17,21H,2,5-6,13-16H2. The lowest BCUT2D eigenvalue weighted by Gasteiger charge is -2.26. The lowest BCUT2D eigenvalue weighted by molar-refractivity contribution is -0.108.